The summed E-state index contributed by atoms with van der Waals surface area (Å²) in [7, 11) is 0. The zero-order chi connectivity index (χ0) is 9.94. The Bertz CT molecular complexity index is 194. The molecule has 0 unspecified atom stereocenters. The van der Waals surface area contributed by atoms with E-state index >= 15 is 0 Å². The van der Waals surface area contributed by atoms with Crippen molar-refractivity contribution in [3.63, 3.8) is 0 Å². The summed E-state index contributed by atoms with van der Waals surface area (Å²) in [5, 5.41) is 1.31. The first-order valence-electron chi connectivity index (χ1n) is 3.83. The molecule has 70 valence electrons. The molecule has 0 aliphatic heterocycles. The molecule has 0 atom stereocenters. The van der Waals surface area contributed by atoms with Crippen molar-refractivity contribution in [3.05, 3.63) is 0 Å². The second-order valence-corrected chi connectivity index (χ2v) is 3.69. The molecule has 0 rings (SSSR count). The van der Waals surface area contributed by atoms with Crippen LogP contribution in [0.25, 0.3) is 0 Å². The van der Waals surface area contributed by atoms with Crippen molar-refractivity contribution in [3.8, 4) is 0 Å². The van der Waals surface area contributed by atoms with E-state index in [0.717, 1.165) is 0 Å². The first-order valence-corrected chi connectivity index (χ1v) is 3.83. The molecule has 0 saturated carbocycles. The Kier molecular flexibility index (Phi) is 3.24. The molecule has 0 aliphatic carbocycles. The standard InChI is InChI=1S/C8H16N2O2/c1-6(11)9-10(7(2)12)8(3,4)5/h1-5H3,(H,9,11). The lowest BCUT2D eigenvalue weighted by Gasteiger charge is -2.34. The lowest BCUT2D eigenvalue weighted by Crippen LogP contribution is -2.54. The van der Waals surface area contributed by atoms with Crippen LogP contribution in [-0.2, 0) is 9.59 Å². The van der Waals surface area contributed by atoms with Crippen LogP contribution in [0.15, 0.2) is 0 Å². The number of hydrogen-bond acceptors (Lipinski definition) is 2. The van der Waals surface area contributed by atoms with E-state index in [9.17, 15) is 9.59 Å². The summed E-state index contributed by atoms with van der Waals surface area (Å²) in [5.41, 5.74) is 2.09. The highest BCUT2D eigenvalue weighted by Gasteiger charge is 2.24. The third-order valence-electron chi connectivity index (χ3n) is 1.25. The molecule has 0 saturated heterocycles. The largest absolute Gasteiger partial charge is 0.274 e. The minimum absolute atomic E-state index is 0.169. The average Bonchev–Trinajstić information content (AvgIpc) is 1.79. The third-order valence-corrected chi connectivity index (χ3v) is 1.25. The summed E-state index contributed by atoms with van der Waals surface area (Å²) in [4.78, 5) is 21.7. The van der Waals surface area contributed by atoms with Crippen LogP contribution in [0.1, 0.15) is 34.6 Å². The van der Waals surface area contributed by atoms with Crippen LogP contribution in [-0.4, -0.2) is 22.4 Å². The van der Waals surface area contributed by atoms with Crippen LogP contribution in [0.2, 0.25) is 0 Å². The highest BCUT2D eigenvalue weighted by Crippen LogP contribution is 2.09. The number of rotatable bonds is 0. The molecular formula is C8H16N2O2. The van der Waals surface area contributed by atoms with Gasteiger partial charge in [-0.1, -0.05) is 0 Å². The Morgan fingerprint density at radius 3 is 1.67 bits per heavy atom. The Labute approximate surface area is 72.9 Å². The van der Waals surface area contributed by atoms with Gasteiger partial charge in [0.05, 0.1) is 5.54 Å². The van der Waals surface area contributed by atoms with Gasteiger partial charge in [0, 0.05) is 13.8 Å². The van der Waals surface area contributed by atoms with Crippen LogP contribution < -0.4 is 5.43 Å². The molecule has 0 radical (unpaired) electrons. The molecule has 0 heterocycles. The van der Waals surface area contributed by atoms with Crippen molar-refractivity contribution in [1.29, 1.82) is 0 Å². The minimum Gasteiger partial charge on any atom is -0.274 e. The summed E-state index contributed by atoms with van der Waals surface area (Å²) in [6.07, 6.45) is 0. The lowest BCUT2D eigenvalue weighted by atomic mass is 10.1. The molecule has 0 aromatic rings. The van der Waals surface area contributed by atoms with Crippen LogP contribution in [0, 0.1) is 0 Å². The quantitative estimate of drug-likeness (QED) is 0.546. The molecule has 4 heteroatoms. The van der Waals surface area contributed by atoms with E-state index in [1.54, 1.807) is 0 Å². The number of nitrogens with one attached hydrogen (secondary N) is 1. The molecule has 0 fully saturated rings. The fraction of sp³-hybridized carbons (Fsp3) is 0.750. The molecule has 0 aromatic heterocycles. The molecule has 0 aromatic carbocycles. The Morgan fingerprint density at radius 2 is 1.58 bits per heavy atom. The van der Waals surface area contributed by atoms with Crippen molar-refractivity contribution in [2.45, 2.75) is 40.2 Å². The Morgan fingerprint density at radius 1 is 1.17 bits per heavy atom. The van der Waals surface area contributed by atoms with Gasteiger partial charge in [0.25, 0.3) is 0 Å². The SMILES string of the molecule is CC(=O)NN(C(C)=O)C(C)(C)C. The highest BCUT2D eigenvalue weighted by molar-refractivity contribution is 5.79. The van der Waals surface area contributed by atoms with E-state index in [1.807, 2.05) is 20.8 Å². The van der Waals surface area contributed by atoms with E-state index in [1.165, 1.54) is 18.9 Å². The van der Waals surface area contributed by atoms with Crippen molar-refractivity contribution in [1.82, 2.24) is 10.4 Å². The van der Waals surface area contributed by atoms with Gasteiger partial charge in [-0.3, -0.25) is 15.0 Å². The monoisotopic (exact) mass is 172 g/mol. The van der Waals surface area contributed by atoms with Gasteiger partial charge in [-0.05, 0) is 20.8 Å². The molecule has 0 spiro atoms. The first-order chi connectivity index (χ1) is 5.25. The predicted octanol–water partition coefficient (Wildman–Crippen LogP) is 0.684. The van der Waals surface area contributed by atoms with Gasteiger partial charge in [0.1, 0.15) is 0 Å². The summed E-state index contributed by atoms with van der Waals surface area (Å²) in [6.45, 7) is 8.35. The van der Waals surface area contributed by atoms with Crippen molar-refractivity contribution in [2.75, 3.05) is 0 Å². The van der Waals surface area contributed by atoms with Gasteiger partial charge in [-0.2, -0.15) is 0 Å². The number of nitrogens with zero attached hydrogens (tertiary/aromatic N) is 1. The summed E-state index contributed by atoms with van der Waals surface area (Å²) < 4.78 is 0. The molecule has 12 heavy (non-hydrogen) atoms. The van der Waals surface area contributed by atoms with Crippen molar-refractivity contribution >= 4 is 11.8 Å². The molecule has 1 N–H and O–H groups in total. The number of carbonyl (C=O) groups excluding carboxylic acids is 2. The maximum atomic E-state index is 11.0. The summed E-state index contributed by atoms with van der Waals surface area (Å²) in [5.74, 6) is -0.405. The van der Waals surface area contributed by atoms with E-state index in [0.29, 0.717) is 0 Å². The topological polar surface area (TPSA) is 49.4 Å². The van der Waals surface area contributed by atoms with Crippen LogP contribution >= 0.6 is 0 Å². The highest BCUT2D eigenvalue weighted by atomic mass is 16.2. The van der Waals surface area contributed by atoms with Crippen LogP contribution in [0.5, 0.6) is 0 Å². The van der Waals surface area contributed by atoms with Gasteiger partial charge < -0.3 is 0 Å². The first kappa shape index (κ1) is 10.9. The second-order valence-electron chi connectivity index (χ2n) is 3.69. The fourth-order valence-corrected chi connectivity index (χ4v) is 0.876. The number of hydrazine groups is 1. The smallest absolute Gasteiger partial charge is 0.238 e. The Hall–Kier alpha value is -1.06. The minimum atomic E-state index is -0.377. The zero-order valence-corrected chi connectivity index (χ0v) is 8.26. The van der Waals surface area contributed by atoms with Gasteiger partial charge >= 0.3 is 0 Å². The predicted molar refractivity (Wildman–Crippen MR) is 46.1 cm³/mol. The average molecular weight is 172 g/mol. The number of hydrogen-bond donors (Lipinski definition) is 1. The third kappa shape index (κ3) is 3.37. The number of amides is 2. The van der Waals surface area contributed by atoms with E-state index in [2.05, 4.69) is 5.43 Å². The fourth-order valence-electron chi connectivity index (χ4n) is 0.876. The van der Waals surface area contributed by atoms with E-state index < -0.39 is 0 Å². The normalized spacial score (nSPS) is 10.8. The maximum Gasteiger partial charge on any atom is 0.238 e. The summed E-state index contributed by atoms with van der Waals surface area (Å²) >= 11 is 0. The van der Waals surface area contributed by atoms with Crippen LogP contribution in [0.3, 0.4) is 0 Å². The summed E-state index contributed by atoms with van der Waals surface area (Å²) in [6, 6.07) is 0. The maximum absolute atomic E-state index is 11.0. The van der Waals surface area contributed by atoms with E-state index in [4.69, 9.17) is 0 Å². The molecular weight excluding hydrogens is 156 g/mol. The van der Waals surface area contributed by atoms with Crippen molar-refractivity contribution < 1.29 is 9.59 Å². The van der Waals surface area contributed by atoms with Gasteiger partial charge in [-0.25, -0.2) is 5.01 Å². The number of carbonyl (C=O) groups is 2. The lowest BCUT2D eigenvalue weighted by molar-refractivity contribution is -0.145. The molecule has 0 bridgehead atoms. The Balaban J connectivity index is 4.46. The van der Waals surface area contributed by atoms with E-state index in [-0.39, 0.29) is 17.4 Å². The molecule has 4 nitrogen and oxygen atoms in total. The molecule has 0 aliphatic rings. The van der Waals surface area contributed by atoms with Crippen molar-refractivity contribution in [2.24, 2.45) is 0 Å². The molecule has 2 amide bonds. The van der Waals surface area contributed by atoms with Gasteiger partial charge in [-0.15, -0.1) is 0 Å². The van der Waals surface area contributed by atoms with Gasteiger partial charge in [0.2, 0.25) is 11.8 Å². The second kappa shape index (κ2) is 3.56. The van der Waals surface area contributed by atoms with Crippen LogP contribution in [0.4, 0.5) is 0 Å². The zero-order valence-electron chi connectivity index (χ0n) is 8.26. The van der Waals surface area contributed by atoms with Gasteiger partial charge in [0.15, 0.2) is 0 Å².